The van der Waals surface area contributed by atoms with E-state index in [0.717, 1.165) is 11.3 Å². The van der Waals surface area contributed by atoms with Gasteiger partial charge in [-0.25, -0.2) is 0 Å². The summed E-state index contributed by atoms with van der Waals surface area (Å²) in [5, 5.41) is 0. The van der Waals surface area contributed by atoms with Crippen molar-refractivity contribution < 1.29 is 9.53 Å². The van der Waals surface area contributed by atoms with Gasteiger partial charge in [0.1, 0.15) is 5.75 Å². The van der Waals surface area contributed by atoms with Gasteiger partial charge in [-0.05, 0) is 23.6 Å². The smallest absolute Gasteiger partial charge is 0.248 e. The Morgan fingerprint density at radius 1 is 1.33 bits per heavy atom. The first kappa shape index (κ1) is 11.6. The first-order chi connectivity index (χ1) is 6.86. The Morgan fingerprint density at radius 3 is 2.33 bits per heavy atom. The van der Waals surface area contributed by atoms with Crippen LogP contribution < -0.4 is 10.5 Å². The second kappa shape index (κ2) is 3.93. The lowest BCUT2D eigenvalue weighted by atomic mass is 9.85. The van der Waals surface area contributed by atoms with Crippen LogP contribution in [0.5, 0.6) is 5.75 Å². The van der Waals surface area contributed by atoms with Gasteiger partial charge in [-0.1, -0.05) is 20.8 Å². The van der Waals surface area contributed by atoms with Gasteiger partial charge in [0.05, 0.1) is 7.11 Å². The van der Waals surface area contributed by atoms with Gasteiger partial charge >= 0.3 is 0 Å². The molecular weight excluding hydrogens is 190 g/mol. The summed E-state index contributed by atoms with van der Waals surface area (Å²) in [4.78, 5) is 11.1. The normalized spacial score (nSPS) is 11.2. The fourth-order valence-corrected chi connectivity index (χ4v) is 1.45. The number of ether oxygens (including phenoxy) is 1. The molecule has 0 spiro atoms. The molecule has 1 aromatic carbocycles. The number of carbonyl (C=O) groups is 1. The Kier molecular flexibility index (Phi) is 3.03. The van der Waals surface area contributed by atoms with Crippen LogP contribution in [-0.4, -0.2) is 13.0 Å². The highest BCUT2D eigenvalue weighted by Crippen LogP contribution is 2.31. The molecule has 1 aromatic rings. The van der Waals surface area contributed by atoms with E-state index >= 15 is 0 Å². The summed E-state index contributed by atoms with van der Waals surface area (Å²) >= 11 is 0. The highest BCUT2D eigenvalue weighted by molar-refractivity contribution is 5.93. The molecule has 0 bridgehead atoms. The number of rotatable bonds is 2. The number of carbonyl (C=O) groups excluding carboxylic acids is 1. The summed E-state index contributed by atoms with van der Waals surface area (Å²) in [5.41, 5.74) is 6.67. The first-order valence-electron chi connectivity index (χ1n) is 4.84. The topological polar surface area (TPSA) is 52.3 Å². The average Bonchev–Trinajstić information content (AvgIpc) is 2.15. The molecule has 0 atom stereocenters. The SMILES string of the molecule is COc1ccc(C(N)=O)cc1C(C)(C)C. The van der Waals surface area contributed by atoms with E-state index in [9.17, 15) is 4.79 Å². The van der Waals surface area contributed by atoms with E-state index < -0.39 is 5.91 Å². The molecule has 3 heteroatoms. The summed E-state index contributed by atoms with van der Waals surface area (Å²) in [6.45, 7) is 6.20. The van der Waals surface area contributed by atoms with Crippen LogP contribution in [0, 0.1) is 0 Å². The zero-order chi connectivity index (χ0) is 11.6. The summed E-state index contributed by atoms with van der Waals surface area (Å²) in [5.74, 6) is 0.371. The minimum atomic E-state index is -0.414. The molecule has 2 N–H and O–H groups in total. The van der Waals surface area contributed by atoms with Crippen LogP contribution >= 0.6 is 0 Å². The number of amides is 1. The molecule has 3 nitrogen and oxygen atoms in total. The van der Waals surface area contributed by atoms with Gasteiger partial charge in [0.15, 0.2) is 0 Å². The van der Waals surface area contributed by atoms with E-state index in [0.29, 0.717) is 5.56 Å². The molecule has 0 heterocycles. The molecule has 1 amide bonds. The largest absolute Gasteiger partial charge is 0.496 e. The van der Waals surface area contributed by atoms with E-state index in [1.165, 1.54) is 0 Å². The van der Waals surface area contributed by atoms with Crippen molar-refractivity contribution >= 4 is 5.91 Å². The highest BCUT2D eigenvalue weighted by Gasteiger charge is 2.19. The number of nitrogens with two attached hydrogens (primary N) is 1. The minimum absolute atomic E-state index is 0.0726. The van der Waals surface area contributed by atoms with Crippen molar-refractivity contribution in [1.29, 1.82) is 0 Å². The van der Waals surface area contributed by atoms with Crippen molar-refractivity contribution in [3.05, 3.63) is 29.3 Å². The fourth-order valence-electron chi connectivity index (χ4n) is 1.45. The van der Waals surface area contributed by atoms with Crippen LogP contribution in [-0.2, 0) is 5.41 Å². The highest BCUT2D eigenvalue weighted by atomic mass is 16.5. The van der Waals surface area contributed by atoms with Crippen LogP contribution in [0.1, 0.15) is 36.7 Å². The Morgan fingerprint density at radius 2 is 1.93 bits per heavy atom. The minimum Gasteiger partial charge on any atom is -0.496 e. The molecule has 15 heavy (non-hydrogen) atoms. The van der Waals surface area contributed by atoms with Gasteiger partial charge in [-0.15, -0.1) is 0 Å². The Hall–Kier alpha value is -1.51. The second-order valence-corrected chi connectivity index (χ2v) is 4.53. The van der Waals surface area contributed by atoms with Crippen molar-refractivity contribution in [2.45, 2.75) is 26.2 Å². The number of methoxy groups -OCH3 is 1. The van der Waals surface area contributed by atoms with Gasteiger partial charge in [0.2, 0.25) is 5.91 Å². The number of hydrogen-bond acceptors (Lipinski definition) is 2. The molecule has 0 saturated heterocycles. The Balaban J connectivity index is 3.32. The van der Waals surface area contributed by atoms with Crippen LogP contribution in [0.4, 0.5) is 0 Å². The monoisotopic (exact) mass is 207 g/mol. The summed E-state index contributed by atoms with van der Waals surface area (Å²) in [7, 11) is 1.62. The molecule has 0 aliphatic heterocycles. The second-order valence-electron chi connectivity index (χ2n) is 4.53. The fraction of sp³-hybridized carbons (Fsp3) is 0.417. The third-order valence-corrected chi connectivity index (χ3v) is 2.29. The lowest BCUT2D eigenvalue weighted by molar-refractivity contribution is 0.1000. The quantitative estimate of drug-likeness (QED) is 0.807. The van der Waals surface area contributed by atoms with E-state index in [4.69, 9.17) is 10.5 Å². The van der Waals surface area contributed by atoms with Crippen molar-refractivity contribution in [1.82, 2.24) is 0 Å². The van der Waals surface area contributed by atoms with Crippen LogP contribution in [0.25, 0.3) is 0 Å². The summed E-state index contributed by atoms with van der Waals surface area (Å²) in [6, 6.07) is 5.25. The van der Waals surface area contributed by atoms with Crippen molar-refractivity contribution in [3.63, 3.8) is 0 Å². The van der Waals surface area contributed by atoms with E-state index in [1.54, 1.807) is 25.3 Å². The van der Waals surface area contributed by atoms with Crippen molar-refractivity contribution in [3.8, 4) is 5.75 Å². The lowest BCUT2D eigenvalue weighted by Crippen LogP contribution is -2.16. The molecular formula is C12H17NO2. The van der Waals surface area contributed by atoms with Gasteiger partial charge in [-0.2, -0.15) is 0 Å². The Labute approximate surface area is 90.2 Å². The maximum Gasteiger partial charge on any atom is 0.248 e. The predicted octanol–water partition coefficient (Wildman–Crippen LogP) is 2.09. The maximum atomic E-state index is 11.1. The van der Waals surface area contributed by atoms with Crippen molar-refractivity contribution in [2.24, 2.45) is 5.73 Å². The van der Waals surface area contributed by atoms with E-state index in [2.05, 4.69) is 20.8 Å². The zero-order valence-corrected chi connectivity index (χ0v) is 9.63. The standard InChI is InChI=1S/C12H17NO2/c1-12(2,3)9-7-8(11(13)14)5-6-10(9)15-4/h5-7H,1-4H3,(H2,13,14). The van der Waals surface area contributed by atoms with Crippen LogP contribution in [0.15, 0.2) is 18.2 Å². The van der Waals surface area contributed by atoms with Gasteiger partial charge in [0, 0.05) is 11.1 Å². The molecule has 82 valence electrons. The van der Waals surface area contributed by atoms with Crippen molar-refractivity contribution in [2.75, 3.05) is 7.11 Å². The summed E-state index contributed by atoms with van der Waals surface area (Å²) in [6.07, 6.45) is 0. The molecule has 0 fully saturated rings. The molecule has 0 aromatic heterocycles. The molecule has 0 unspecified atom stereocenters. The van der Waals surface area contributed by atoms with Gasteiger partial charge in [-0.3, -0.25) is 4.79 Å². The third kappa shape index (κ3) is 2.49. The van der Waals surface area contributed by atoms with E-state index in [1.807, 2.05) is 0 Å². The number of benzene rings is 1. The Bertz CT molecular complexity index is 378. The molecule has 0 aliphatic carbocycles. The van der Waals surface area contributed by atoms with E-state index in [-0.39, 0.29) is 5.41 Å². The molecule has 0 aliphatic rings. The van der Waals surface area contributed by atoms with Crippen LogP contribution in [0.2, 0.25) is 0 Å². The first-order valence-corrected chi connectivity index (χ1v) is 4.84. The third-order valence-electron chi connectivity index (χ3n) is 2.29. The number of hydrogen-bond donors (Lipinski definition) is 1. The average molecular weight is 207 g/mol. The number of primary amides is 1. The molecule has 0 radical (unpaired) electrons. The van der Waals surface area contributed by atoms with Gasteiger partial charge < -0.3 is 10.5 Å². The molecule has 0 saturated carbocycles. The zero-order valence-electron chi connectivity index (χ0n) is 9.63. The molecule has 1 rings (SSSR count). The summed E-state index contributed by atoms with van der Waals surface area (Å²) < 4.78 is 5.25. The predicted molar refractivity (Wildman–Crippen MR) is 60.2 cm³/mol. The maximum absolute atomic E-state index is 11.1. The van der Waals surface area contributed by atoms with Crippen LogP contribution in [0.3, 0.4) is 0 Å². The van der Waals surface area contributed by atoms with Gasteiger partial charge in [0.25, 0.3) is 0 Å². The lowest BCUT2D eigenvalue weighted by Gasteiger charge is -2.22.